The second kappa shape index (κ2) is 6.95. The zero-order valence-corrected chi connectivity index (χ0v) is 13.6. The summed E-state index contributed by atoms with van der Waals surface area (Å²) in [5.74, 6) is 0. The van der Waals surface area contributed by atoms with E-state index in [0.717, 1.165) is 16.9 Å². The Hall–Kier alpha value is -3.15. The zero-order valence-electron chi connectivity index (χ0n) is 13.6. The van der Waals surface area contributed by atoms with Gasteiger partial charge in [0.25, 0.3) is 0 Å². The maximum Gasteiger partial charge on any atom is 0.319 e. The first-order valence-corrected chi connectivity index (χ1v) is 7.72. The molecule has 6 heteroatoms. The Morgan fingerprint density at radius 3 is 2.62 bits per heavy atom. The Labute approximate surface area is 140 Å². The van der Waals surface area contributed by atoms with E-state index in [1.807, 2.05) is 61.0 Å². The van der Waals surface area contributed by atoms with Gasteiger partial charge in [0.2, 0.25) is 0 Å². The van der Waals surface area contributed by atoms with Crippen molar-refractivity contribution in [3.63, 3.8) is 0 Å². The van der Waals surface area contributed by atoms with Crippen molar-refractivity contribution in [2.45, 2.75) is 19.9 Å². The standard InChI is InChI=1S/C18H19N5O/c1-13-6-11-20-23(13)17-5-3-4-16(12-17)22-18(24)21-14(2)15-7-9-19-10-8-15/h3-12,14H,1-2H3,(H2,21,22,24). The molecule has 0 aliphatic carbocycles. The molecule has 0 bridgehead atoms. The average molecular weight is 321 g/mol. The van der Waals surface area contributed by atoms with Gasteiger partial charge in [0, 0.05) is 30.0 Å². The van der Waals surface area contributed by atoms with Crippen LogP contribution in [0, 0.1) is 6.92 Å². The van der Waals surface area contributed by atoms with Crippen LogP contribution in [-0.4, -0.2) is 20.8 Å². The molecule has 2 aromatic heterocycles. The molecule has 0 radical (unpaired) electrons. The number of pyridine rings is 1. The van der Waals surface area contributed by atoms with E-state index in [1.54, 1.807) is 18.6 Å². The smallest absolute Gasteiger partial charge is 0.319 e. The Morgan fingerprint density at radius 1 is 1.12 bits per heavy atom. The van der Waals surface area contributed by atoms with E-state index in [-0.39, 0.29) is 12.1 Å². The summed E-state index contributed by atoms with van der Waals surface area (Å²) in [5.41, 5.74) is 3.64. The third-order valence-electron chi connectivity index (χ3n) is 3.73. The fraction of sp³-hybridized carbons (Fsp3) is 0.167. The lowest BCUT2D eigenvalue weighted by atomic mass is 10.1. The van der Waals surface area contributed by atoms with Crippen LogP contribution in [0.5, 0.6) is 0 Å². The van der Waals surface area contributed by atoms with Crippen molar-refractivity contribution in [3.05, 3.63) is 72.3 Å². The molecule has 0 saturated heterocycles. The van der Waals surface area contributed by atoms with Gasteiger partial charge in [0.15, 0.2) is 0 Å². The van der Waals surface area contributed by atoms with Crippen LogP contribution >= 0.6 is 0 Å². The first kappa shape index (κ1) is 15.7. The highest BCUT2D eigenvalue weighted by Gasteiger charge is 2.10. The molecule has 1 aromatic carbocycles. The van der Waals surface area contributed by atoms with Crippen molar-refractivity contribution >= 4 is 11.7 Å². The van der Waals surface area contributed by atoms with Crippen LogP contribution in [0.25, 0.3) is 5.69 Å². The minimum absolute atomic E-state index is 0.107. The fourth-order valence-electron chi connectivity index (χ4n) is 2.45. The first-order chi connectivity index (χ1) is 11.6. The average Bonchev–Trinajstić information content (AvgIpc) is 3.02. The molecule has 2 amide bonds. The van der Waals surface area contributed by atoms with E-state index in [2.05, 4.69) is 20.7 Å². The van der Waals surface area contributed by atoms with Crippen LogP contribution in [-0.2, 0) is 0 Å². The summed E-state index contributed by atoms with van der Waals surface area (Å²) in [6.07, 6.45) is 5.17. The molecule has 0 fully saturated rings. The summed E-state index contributed by atoms with van der Waals surface area (Å²) in [6.45, 7) is 3.91. The summed E-state index contributed by atoms with van der Waals surface area (Å²) < 4.78 is 1.82. The number of rotatable bonds is 4. The molecule has 0 saturated carbocycles. The van der Waals surface area contributed by atoms with Crippen molar-refractivity contribution in [2.24, 2.45) is 0 Å². The molecule has 0 spiro atoms. The van der Waals surface area contributed by atoms with Gasteiger partial charge in [-0.05, 0) is 55.8 Å². The number of benzene rings is 1. The molecule has 2 N–H and O–H groups in total. The number of hydrogen-bond donors (Lipinski definition) is 2. The summed E-state index contributed by atoms with van der Waals surface area (Å²) in [6, 6.07) is 12.9. The van der Waals surface area contributed by atoms with Gasteiger partial charge < -0.3 is 10.6 Å². The van der Waals surface area contributed by atoms with Gasteiger partial charge in [-0.1, -0.05) is 6.07 Å². The fourth-order valence-corrected chi connectivity index (χ4v) is 2.45. The number of amides is 2. The Bertz CT molecular complexity index is 828. The van der Waals surface area contributed by atoms with Gasteiger partial charge in [0.05, 0.1) is 11.7 Å². The molecular weight excluding hydrogens is 302 g/mol. The van der Waals surface area contributed by atoms with E-state index >= 15 is 0 Å². The molecule has 3 rings (SSSR count). The lowest BCUT2D eigenvalue weighted by Gasteiger charge is -2.15. The van der Waals surface area contributed by atoms with Gasteiger partial charge in [-0.2, -0.15) is 5.10 Å². The van der Waals surface area contributed by atoms with Gasteiger partial charge in [0.1, 0.15) is 0 Å². The maximum atomic E-state index is 12.2. The highest BCUT2D eigenvalue weighted by atomic mass is 16.2. The number of carbonyl (C=O) groups excluding carboxylic acids is 1. The van der Waals surface area contributed by atoms with Crippen molar-refractivity contribution in [1.82, 2.24) is 20.1 Å². The molecule has 0 aliphatic rings. The molecule has 3 aromatic rings. The molecule has 1 unspecified atom stereocenters. The summed E-state index contributed by atoms with van der Waals surface area (Å²) in [4.78, 5) is 16.2. The monoisotopic (exact) mass is 321 g/mol. The van der Waals surface area contributed by atoms with Gasteiger partial charge >= 0.3 is 6.03 Å². The van der Waals surface area contributed by atoms with Crippen molar-refractivity contribution in [3.8, 4) is 5.69 Å². The largest absolute Gasteiger partial charge is 0.331 e. The van der Waals surface area contributed by atoms with E-state index in [4.69, 9.17) is 0 Å². The molecule has 1 atom stereocenters. The van der Waals surface area contributed by atoms with Crippen LogP contribution in [0.4, 0.5) is 10.5 Å². The number of urea groups is 1. The third kappa shape index (κ3) is 3.60. The molecule has 2 heterocycles. The van der Waals surface area contributed by atoms with Crippen LogP contribution < -0.4 is 10.6 Å². The number of nitrogens with one attached hydrogen (secondary N) is 2. The number of anilines is 1. The normalized spacial score (nSPS) is 11.8. The van der Waals surface area contributed by atoms with Gasteiger partial charge in [-0.25, -0.2) is 9.48 Å². The van der Waals surface area contributed by atoms with Crippen LogP contribution in [0.2, 0.25) is 0 Å². The first-order valence-electron chi connectivity index (χ1n) is 7.72. The number of hydrogen-bond acceptors (Lipinski definition) is 3. The predicted molar refractivity (Wildman–Crippen MR) is 93.1 cm³/mol. The van der Waals surface area contributed by atoms with Gasteiger partial charge in [-0.15, -0.1) is 0 Å². The second-order valence-electron chi connectivity index (χ2n) is 5.54. The topological polar surface area (TPSA) is 71.8 Å². The minimum Gasteiger partial charge on any atom is -0.331 e. The summed E-state index contributed by atoms with van der Waals surface area (Å²) in [7, 11) is 0. The predicted octanol–water partition coefficient (Wildman–Crippen LogP) is 3.46. The van der Waals surface area contributed by atoms with Crippen LogP contribution in [0.15, 0.2) is 61.1 Å². The van der Waals surface area contributed by atoms with Crippen molar-refractivity contribution < 1.29 is 4.79 Å². The van der Waals surface area contributed by atoms with Crippen molar-refractivity contribution in [1.29, 1.82) is 0 Å². The maximum absolute atomic E-state index is 12.2. The number of aryl methyl sites for hydroxylation is 1. The van der Waals surface area contributed by atoms with E-state index in [9.17, 15) is 4.79 Å². The number of aromatic nitrogens is 3. The summed E-state index contributed by atoms with van der Waals surface area (Å²) in [5, 5.41) is 10.0. The highest BCUT2D eigenvalue weighted by molar-refractivity contribution is 5.89. The Morgan fingerprint density at radius 2 is 1.92 bits per heavy atom. The van der Waals surface area contributed by atoms with Gasteiger partial charge in [-0.3, -0.25) is 4.98 Å². The van der Waals surface area contributed by atoms with Crippen molar-refractivity contribution in [2.75, 3.05) is 5.32 Å². The zero-order chi connectivity index (χ0) is 16.9. The molecule has 24 heavy (non-hydrogen) atoms. The Kier molecular flexibility index (Phi) is 4.56. The van der Waals surface area contributed by atoms with Crippen LogP contribution in [0.3, 0.4) is 0 Å². The summed E-state index contributed by atoms with van der Waals surface area (Å²) >= 11 is 0. The molecular formula is C18H19N5O. The molecule has 6 nitrogen and oxygen atoms in total. The van der Waals surface area contributed by atoms with E-state index in [1.165, 1.54) is 0 Å². The quantitative estimate of drug-likeness (QED) is 0.773. The van der Waals surface area contributed by atoms with E-state index in [0.29, 0.717) is 5.69 Å². The highest BCUT2D eigenvalue weighted by Crippen LogP contribution is 2.16. The SMILES string of the molecule is Cc1ccnn1-c1cccc(NC(=O)NC(C)c2ccncc2)c1. The van der Waals surface area contributed by atoms with Crippen LogP contribution in [0.1, 0.15) is 24.2 Å². The lowest BCUT2D eigenvalue weighted by molar-refractivity contribution is 0.249. The number of nitrogens with zero attached hydrogens (tertiary/aromatic N) is 3. The van der Waals surface area contributed by atoms with E-state index < -0.39 is 0 Å². The molecule has 0 aliphatic heterocycles. The second-order valence-corrected chi connectivity index (χ2v) is 5.54. The minimum atomic E-state index is -0.256. The third-order valence-corrected chi connectivity index (χ3v) is 3.73. The number of carbonyl (C=O) groups is 1. The lowest BCUT2D eigenvalue weighted by Crippen LogP contribution is -2.31. The Balaban J connectivity index is 1.68. The molecule has 122 valence electrons.